The van der Waals surface area contributed by atoms with Crippen molar-refractivity contribution in [3.63, 3.8) is 0 Å². The second-order valence-electron chi connectivity index (χ2n) is 10.6. The molecule has 2 amide bonds. The van der Waals surface area contributed by atoms with Crippen molar-refractivity contribution in [3.8, 4) is 5.75 Å². The van der Waals surface area contributed by atoms with Gasteiger partial charge in [-0.15, -0.1) is 0 Å². The van der Waals surface area contributed by atoms with Crippen LogP contribution in [0.5, 0.6) is 5.75 Å². The molecular weight excluding hydrogens is 460 g/mol. The molecule has 0 saturated heterocycles. The molecule has 0 heterocycles. The Morgan fingerprint density at radius 1 is 0.892 bits per heavy atom. The Balaban J connectivity index is 1.85. The Morgan fingerprint density at radius 3 is 2.14 bits per heavy atom. The molecule has 0 aliphatic heterocycles. The number of nitrogens with zero attached hydrogens (tertiary/aromatic N) is 1. The molecule has 0 unspecified atom stereocenters. The van der Waals surface area contributed by atoms with E-state index in [4.69, 9.17) is 4.74 Å². The van der Waals surface area contributed by atoms with Crippen molar-refractivity contribution in [1.82, 2.24) is 10.2 Å². The lowest BCUT2D eigenvalue weighted by molar-refractivity contribution is -0.142. The Kier molecular flexibility index (Phi) is 9.90. The molecule has 0 aliphatic rings. The predicted octanol–water partition coefficient (Wildman–Crippen LogP) is 5.84. The highest BCUT2D eigenvalue weighted by molar-refractivity contribution is 5.88. The molecule has 3 aromatic carbocycles. The van der Waals surface area contributed by atoms with Crippen LogP contribution in [-0.2, 0) is 28.0 Å². The molecule has 0 fully saturated rings. The molecule has 3 aromatic rings. The van der Waals surface area contributed by atoms with Crippen LogP contribution in [0.4, 0.5) is 0 Å². The molecule has 0 spiro atoms. The number of rotatable bonds is 11. The highest BCUT2D eigenvalue weighted by atomic mass is 16.5. The van der Waals surface area contributed by atoms with Crippen LogP contribution < -0.4 is 10.1 Å². The van der Waals surface area contributed by atoms with E-state index in [0.717, 1.165) is 23.1 Å². The molecule has 196 valence electrons. The summed E-state index contributed by atoms with van der Waals surface area (Å²) in [7, 11) is 0. The van der Waals surface area contributed by atoms with E-state index >= 15 is 0 Å². The van der Waals surface area contributed by atoms with Crippen LogP contribution in [0.1, 0.15) is 56.4 Å². The van der Waals surface area contributed by atoms with E-state index < -0.39 is 6.04 Å². The van der Waals surface area contributed by atoms with Crippen LogP contribution in [-0.4, -0.2) is 35.9 Å². The van der Waals surface area contributed by atoms with Crippen molar-refractivity contribution in [1.29, 1.82) is 0 Å². The second-order valence-corrected chi connectivity index (χ2v) is 10.6. The molecular formula is C32H40N2O3. The number of hydrogen-bond acceptors (Lipinski definition) is 3. The van der Waals surface area contributed by atoms with Gasteiger partial charge in [0, 0.05) is 19.5 Å². The maximum Gasteiger partial charge on any atom is 0.261 e. The Hall–Kier alpha value is -3.60. The fourth-order valence-electron chi connectivity index (χ4n) is 4.09. The van der Waals surface area contributed by atoms with Gasteiger partial charge >= 0.3 is 0 Å². The number of ether oxygens (including phenoxy) is 1. The molecule has 0 radical (unpaired) electrons. The van der Waals surface area contributed by atoms with E-state index in [1.54, 1.807) is 4.90 Å². The number of carbonyl (C=O) groups is 2. The first-order valence-corrected chi connectivity index (χ1v) is 13.1. The Bertz CT molecular complexity index is 1130. The fourth-order valence-corrected chi connectivity index (χ4v) is 4.09. The topological polar surface area (TPSA) is 58.6 Å². The lowest BCUT2D eigenvalue weighted by Gasteiger charge is -2.31. The Morgan fingerprint density at radius 2 is 1.54 bits per heavy atom. The number of amides is 2. The minimum absolute atomic E-state index is 0.0374. The van der Waals surface area contributed by atoms with Crippen LogP contribution in [0, 0.1) is 6.92 Å². The molecule has 0 aromatic heterocycles. The normalized spacial score (nSPS) is 12.0. The predicted molar refractivity (Wildman–Crippen MR) is 150 cm³/mol. The monoisotopic (exact) mass is 500 g/mol. The van der Waals surface area contributed by atoms with Crippen molar-refractivity contribution in [2.45, 2.75) is 65.5 Å². The average Bonchev–Trinajstić information content (AvgIpc) is 2.89. The maximum absolute atomic E-state index is 13.6. The summed E-state index contributed by atoms with van der Waals surface area (Å²) in [5.74, 6) is 0.250. The second kappa shape index (κ2) is 13.1. The number of benzene rings is 3. The zero-order chi connectivity index (χ0) is 26.8. The first kappa shape index (κ1) is 28.0. The van der Waals surface area contributed by atoms with Crippen LogP contribution in [0.2, 0.25) is 0 Å². The summed E-state index contributed by atoms with van der Waals surface area (Å²) in [4.78, 5) is 28.7. The lowest BCUT2D eigenvalue weighted by Crippen LogP contribution is -2.51. The van der Waals surface area contributed by atoms with Gasteiger partial charge in [0.05, 0.1) is 0 Å². The van der Waals surface area contributed by atoms with Gasteiger partial charge in [-0.25, -0.2) is 0 Å². The smallest absolute Gasteiger partial charge is 0.261 e. The first-order valence-electron chi connectivity index (χ1n) is 13.1. The van der Waals surface area contributed by atoms with Crippen LogP contribution in [0.15, 0.2) is 78.9 Å². The van der Waals surface area contributed by atoms with Gasteiger partial charge in [0.15, 0.2) is 6.61 Å². The summed E-state index contributed by atoms with van der Waals surface area (Å²) in [6, 6.07) is 25.1. The number of carbonyl (C=O) groups excluding carboxylic acids is 2. The minimum atomic E-state index is -0.658. The summed E-state index contributed by atoms with van der Waals surface area (Å²) in [5.41, 5.74) is 4.35. The summed E-state index contributed by atoms with van der Waals surface area (Å²) in [6.45, 7) is 11.3. The van der Waals surface area contributed by atoms with Gasteiger partial charge in [-0.1, -0.05) is 100.0 Å². The van der Waals surface area contributed by atoms with Crippen molar-refractivity contribution in [2.75, 3.05) is 13.2 Å². The van der Waals surface area contributed by atoms with Crippen LogP contribution in [0.3, 0.4) is 0 Å². The third kappa shape index (κ3) is 8.49. The van der Waals surface area contributed by atoms with Crippen LogP contribution >= 0.6 is 0 Å². The van der Waals surface area contributed by atoms with E-state index in [0.29, 0.717) is 25.3 Å². The summed E-state index contributed by atoms with van der Waals surface area (Å²) in [6.07, 6.45) is 1.25. The molecule has 5 nitrogen and oxygen atoms in total. The molecule has 37 heavy (non-hydrogen) atoms. The molecule has 0 aliphatic carbocycles. The van der Waals surface area contributed by atoms with Crippen LogP contribution in [0.25, 0.3) is 0 Å². The summed E-state index contributed by atoms with van der Waals surface area (Å²) < 4.78 is 5.91. The first-order chi connectivity index (χ1) is 17.7. The highest BCUT2D eigenvalue weighted by Gasteiger charge is 2.30. The van der Waals surface area contributed by atoms with E-state index in [9.17, 15) is 9.59 Å². The van der Waals surface area contributed by atoms with Gasteiger partial charge in [0.1, 0.15) is 11.8 Å². The van der Waals surface area contributed by atoms with E-state index in [1.165, 1.54) is 5.56 Å². The Labute approximate surface area is 221 Å². The standard InChI is InChI=1S/C32H40N2O3/c1-6-20-33-31(36)29(21-25-10-8-7-9-11-25)34(22-26-14-12-24(2)13-15-26)30(35)23-37-28-18-16-27(17-19-28)32(3,4)5/h7-19,29H,6,20-23H2,1-5H3,(H,33,36)/t29-/m1/s1. The van der Waals surface area contributed by atoms with Gasteiger partial charge in [-0.2, -0.15) is 0 Å². The van der Waals surface area contributed by atoms with Crippen molar-refractivity contribution in [2.24, 2.45) is 0 Å². The van der Waals surface area contributed by atoms with Crippen molar-refractivity contribution < 1.29 is 14.3 Å². The molecule has 0 bridgehead atoms. The van der Waals surface area contributed by atoms with Gasteiger partial charge < -0.3 is 15.0 Å². The molecule has 3 rings (SSSR count). The maximum atomic E-state index is 13.6. The van der Waals surface area contributed by atoms with Gasteiger partial charge in [-0.05, 0) is 47.6 Å². The zero-order valence-electron chi connectivity index (χ0n) is 22.8. The number of nitrogens with one attached hydrogen (secondary N) is 1. The quantitative estimate of drug-likeness (QED) is 0.360. The molecule has 1 atom stereocenters. The SMILES string of the molecule is CCCNC(=O)[C@@H](Cc1ccccc1)N(Cc1ccc(C)cc1)C(=O)COc1ccc(C(C)(C)C)cc1. The molecule has 1 N–H and O–H groups in total. The zero-order valence-corrected chi connectivity index (χ0v) is 22.8. The highest BCUT2D eigenvalue weighted by Crippen LogP contribution is 2.24. The summed E-state index contributed by atoms with van der Waals surface area (Å²) >= 11 is 0. The van der Waals surface area contributed by atoms with Gasteiger partial charge in [0.25, 0.3) is 5.91 Å². The molecule has 5 heteroatoms. The largest absolute Gasteiger partial charge is 0.484 e. The third-order valence-electron chi connectivity index (χ3n) is 6.38. The fraction of sp³-hybridized carbons (Fsp3) is 0.375. The minimum Gasteiger partial charge on any atom is -0.484 e. The van der Waals surface area contributed by atoms with E-state index in [1.807, 2.05) is 92.7 Å². The van der Waals surface area contributed by atoms with E-state index in [-0.39, 0.29) is 23.8 Å². The third-order valence-corrected chi connectivity index (χ3v) is 6.38. The summed E-state index contributed by atoms with van der Waals surface area (Å²) in [5, 5.41) is 3.00. The molecule has 0 saturated carbocycles. The lowest BCUT2D eigenvalue weighted by atomic mass is 9.87. The number of aryl methyl sites for hydroxylation is 1. The van der Waals surface area contributed by atoms with Crippen molar-refractivity contribution in [3.05, 3.63) is 101 Å². The van der Waals surface area contributed by atoms with Gasteiger partial charge in [0.2, 0.25) is 5.91 Å². The van der Waals surface area contributed by atoms with Crippen molar-refractivity contribution >= 4 is 11.8 Å². The average molecular weight is 501 g/mol. The van der Waals surface area contributed by atoms with Gasteiger partial charge in [-0.3, -0.25) is 9.59 Å². The number of hydrogen-bond donors (Lipinski definition) is 1. The van der Waals surface area contributed by atoms with E-state index in [2.05, 4.69) is 26.1 Å².